The van der Waals surface area contributed by atoms with Crippen LogP contribution in [0.4, 0.5) is 5.69 Å². The van der Waals surface area contributed by atoms with E-state index in [4.69, 9.17) is 4.74 Å². The second kappa shape index (κ2) is 3.65. The molecule has 0 saturated heterocycles. The Labute approximate surface area is 90.4 Å². The van der Waals surface area contributed by atoms with Gasteiger partial charge in [-0.25, -0.2) is 0 Å². The van der Waals surface area contributed by atoms with Crippen LogP contribution in [0.1, 0.15) is 0 Å². The third-order valence-electron chi connectivity index (χ3n) is 2.24. The van der Waals surface area contributed by atoms with Crippen LogP contribution >= 0.6 is 0 Å². The van der Waals surface area contributed by atoms with Crippen LogP contribution in [0.2, 0.25) is 0 Å². The molecule has 0 aliphatic heterocycles. The molecule has 0 radical (unpaired) electrons. The molecule has 0 aliphatic rings. The van der Waals surface area contributed by atoms with Crippen molar-refractivity contribution in [2.45, 2.75) is 0 Å². The van der Waals surface area contributed by atoms with Crippen molar-refractivity contribution in [3.63, 3.8) is 0 Å². The first kappa shape index (κ1) is 10.2. The second-order valence-electron chi connectivity index (χ2n) is 3.21. The van der Waals surface area contributed by atoms with Crippen molar-refractivity contribution in [2.24, 2.45) is 0 Å². The molecule has 2 rings (SSSR count). The zero-order valence-corrected chi connectivity index (χ0v) is 8.41. The van der Waals surface area contributed by atoms with Crippen molar-refractivity contribution >= 4 is 16.6 Å². The summed E-state index contributed by atoms with van der Waals surface area (Å²) in [5.74, 6) is 0.364. The molecular weight excluding hydrogens is 212 g/mol. The van der Waals surface area contributed by atoms with Gasteiger partial charge in [0.25, 0.3) is 5.69 Å². The number of non-ortho nitro benzene ring substituents is 1. The average molecular weight is 220 g/mol. The summed E-state index contributed by atoms with van der Waals surface area (Å²) in [7, 11) is 1.43. The van der Waals surface area contributed by atoms with Gasteiger partial charge in [0.2, 0.25) is 11.7 Å². The number of ether oxygens (including phenoxy) is 1. The zero-order valence-electron chi connectivity index (χ0n) is 8.41. The highest BCUT2D eigenvalue weighted by molar-refractivity contribution is 5.79. The quantitative estimate of drug-likeness (QED) is 0.331. The van der Waals surface area contributed by atoms with E-state index in [1.807, 2.05) is 0 Å². The van der Waals surface area contributed by atoms with E-state index in [0.29, 0.717) is 21.4 Å². The molecule has 1 heterocycles. The first-order chi connectivity index (χ1) is 7.61. The maximum absolute atomic E-state index is 11.5. The minimum Gasteiger partial charge on any atom is -0.618 e. The van der Waals surface area contributed by atoms with E-state index in [9.17, 15) is 15.3 Å². The van der Waals surface area contributed by atoms with Crippen LogP contribution in [0.15, 0.2) is 30.5 Å². The molecule has 2 aromatic rings. The molecule has 0 atom stereocenters. The Morgan fingerprint density at radius 2 is 2.12 bits per heavy atom. The molecule has 0 bridgehead atoms. The largest absolute Gasteiger partial charge is 0.618 e. The van der Waals surface area contributed by atoms with Crippen molar-refractivity contribution in [3.05, 3.63) is 45.8 Å². The van der Waals surface area contributed by atoms with Crippen LogP contribution < -0.4 is 9.47 Å². The van der Waals surface area contributed by atoms with Crippen molar-refractivity contribution in [1.29, 1.82) is 0 Å². The molecule has 0 saturated carbocycles. The lowest BCUT2D eigenvalue weighted by Gasteiger charge is -2.04. The van der Waals surface area contributed by atoms with Crippen LogP contribution in [-0.2, 0) is 0 Å². The number of methoxy groups -OCH3 is 1. The number of benzene rings is 1. The lowest BCUT2D eigenvalue weighted by atomic mass is 10.2. The van der Waals surface area contributed by atoms with Gasteiger partial charge in [-0.2, -0.15) is 4.73 Å². The Morgan fingerprint density at radius 1 is 1.38 bits per heavy atom. The fourth-order valence-electron chi connectivity index (χ4n) is 1.46. The second-order valence-corrected chi connectivity index (χ2v) is 3.21. The van der Waals surface area contributed by atoms with Gasteiger partial charge in [0.05, 0.1) is 17.4 Å². The van der Waals surface area contributed by atoms with Crippen LogP contribution in [-0.4, -0.2) is 12.0 Å². The lowest BCUT2D eigenvalue weighted by Crippen LogP contribution is -2.26. The molecule has 6 heteroatoms. The number of rotatable bonds is 2. The summed E-state index contributed by atoms with van der Waals surface area (Å²) in [6, 6.07) is 5.63. The SMILES string of the molecule is COc1cc2cc([N+](=O)[O-])ccc2[n+]([O-])c1. The summed E-state index contributed by atoms with van der Waals surface area (Å²) in [4.78, 5) is 10.1. The predicted octanol–water partition coefficient (Wildman–Crippen LogP) is 1.39. The number of hydrogen-bond donors (Lipinski definition) is 0. The maximum atomic E-state index is 11.5. The van der Waals surface area contributed by atoms with Gasteiger partial charge in [-0.3, -0.25) is 10.1 Å². The van der Waals surface area contributed by atoms with Gasteiger partial charge in [0, 0.05) is 24.3 Å². The minimum atomic E-state index is -0.506. The van der Waals surface area contributed by atoms with Crippen molar-refractivity contribution in [3.8, 4) is 5.75 Å². The third kappa shape index (κ3) is 1.60. The van der Waals surface area contributed by atoms with E-state index < -0.39 is 4.92 Å². The minimum absolute atomic E-state index is 0.0549. The van der Waals surface area contributed by atoms with Gasteiger partial charge < -0.3 is 9.94 Å². The summed E-state index contributed by atoms with van der Waals surface area (Å²) in [6.45, 7) is 0. The summed E-state index contributed by atoms with van der Waals surface area (Å²) in [5.41, 5.74) is 0.312. The van der Waals surface area contributed by atoms with Crippen LogP contribution in [0, 0.1) is 15.3 Å². The van der Waals surface area contributed by atoms with Crippen LogP contribution in [0.25, 0.3) is 10.9 Å². The highest BCUT2D eigenvalue weighted by Gasteiger charge is 2.12. The van der Waals surface area contributed by atoms with Gasteiger partial charge in [0.1, 0.15) is 0 Å². The number of fused-ring (bicyclic) bond motifs is 1. The number of aromatic nitrogens is 1. The number of nitrogens with zero attached hydrogens (tertiary/aromatic N) is 2. The van der Waals surface area contributed by atoms with Gasteiger partial charge >= 0.3 is 0 Å². The Balaban J connectivity index is 2.71. The monoisotopic (exact) mass is 220 g/mol. The molecule has 82 valence electrons. The summed E-state index contributed by atoms with van der Waals surface area (Å²) in [6.07, 6.45) is 1.27. The lowest BCUT2D eigenvalue weighted by molar-refractivity contribution is -0.577. The molecule has 0 fully saturated rings. The van der Waals surface area contributed by atoms with Crippen molar-refractivity contribution in [1.82, 2.24) is 0 Å². The average Bonchev–Trinajstić information content (AvgIpc) is 2.28. The number of pyridine rings is 1. The predicted molar refractivity (Wildman–Crippen MR) is 56.1 cm³/mol. The van der Waals surface area contributed by atoms with E-state index in [2.05, 4.69) is 0 Å². The van der Waals surface area contributed by atoms with Gasteiger partial charge in [0.15, 0.2) is 5.75 Å². The Hall–Kier alpha value is -2.37. The molecule has 0 aliphatic carbocycles. The highest BCUT2D eigenvalue weighted by atomic mass is 16.6. The topological polar surface area (TPSA) is 79.3 Å². The molecule has 1 aromatic carbocycles. The number of nitro benzene ring substituents is 1. The molecule has 0 amide bonds. The van der Waals surface area contributed by atoms with Gasteiger partial charge in [-0.05, 0) is 0 Å². The van der Waals surface area contributed by atoms with Crippen molar-refractivity contribution < 1.29 is 14.4 Å². The Bertz CT molecular complexity index is 568. The molecule has 0 unspecified atom stereocenters. The molecular formula is C10H8N2O4. The highest BCUT2D eigenvalue weighted by Crippen LogP contribution is 2.21. The molecule has 16 heavy (non-hydrogen) atoms. The zero-order chi connectivity index (χ0) is 11.7. The molecule has 1 aromatic heterocycles. The van der Waals surface area contributed by atoms with E-state index in [1.165, 1.54) is 31.5 Å². The number of hydrogen-bond acceptors (Lipinski definition) is 4. The maximum Gasteiger partial charge on any atom is 0.270 e. The Morgan fingerprint density at radius 3 is 2.75 bits per heavy atom. The fourth-order valence-corrected chi connectivity index (χ4v) is 1.46. The van der Waals surface area contributed by atoms with Crippen molar-refractivity contribution in [2.75, 3.05) is 7.11 Å². The van der Waals surface area contributed by atoms with E-state index >= 15 is 0 Å². The number of nitro groups is 1. The smallest absolute Gasteiger partial charge is 0.270 e. The third-order valence-corrected chi connectivity index (χ3v) is 2.24. The van der Waals surface area contributed by atoms with Crippen LogP contribution in [0.3, 0.4) is 0 Å². The summed E-state index contributed by atoms with van der Waals surface area (Å²) < 4.78 is 5.54. The van der Waals surface area contributed by atoms with E-state index in [1.54, 1.807) is 6.07 Å². The Kier molecular flexibility index (Phi) is 2.32. The summed E-state index contributed by atoms with van der Waals surface area (Å²) in [5, 5.41) is 22.6. The van der Waals surface area contributed by atoms with E-state index in [0.717, 1.165) is 0 Å². The van der Waals surface area contributed by atoms with E-state index in [-0.39, 0.29) is 5.69 Å². The summed E-state index contributed by atoms with van der Waals surface area (Å²) >= 11 is 0. The first-order valence-corrected chi connectivity index (χ1v) is 4.47. The van der Waals surface area contributed by atoms with Gasteiger partial charge in [-0.1, -0.05) is 0 Å². The first-order valence-electron chi connectivity index (χ1n) is 4.47. The fraction of sp³-hybridized carbons (Fsp3) is 0.100. The molecule has 0 N–H and O–H groups in total. The molecule has 0 spiro atoms. The van der Waals surface area contributed by atoms with Gasteiger partial charge in [-0.15, -0.1) is 0 Å². The normalized spacial score (nSPS) is 10.3. The standard InChI is InChI=1S/C10H8N2O4/c1-16-9-5-7-4-8(12(14)15)2-3-10(7)11(13)6-9/h2-6H,1H3. The molecule has 6 nitrogen and oxygen atoms in total. The van der Waals surface area contributed by atoms with Crippen LogP contribution in [0.5, 0.6) is 5.75 Å².